The van der Waals surface area contributed by atoms with Crippen molar-refractivity contribution >= 4 is 5.97 Å². The van der Waals surface area contributed by atoms with Gasteiger partial charge in [0.05, 0.1) is 5.56 Å². The predicted molar refractivity (Wildman–Crippen MR) is 138 cm³/mol. The second kappa shape index (κ2) is 12.0. The van der Waals surface area contributed by atoms with Gasteiger partial charge in [-0.25, -0.2) is 9.18 Å². The van der Waals surface area contributed by atoms with Crippen LogP contribution < -0.4 is 0 Å². The van der Waals surface area contributed by atoms with Crippen molar-refractivity contribution in [3.8, 4) is 11.1 Å². The van der Waals surface area contributed by atoms with E-state index in [0.29, 0.717) is 17.0 Å². The van der Waals surface area contributed by atoms with E-state index in [1.165, 1.54) is 51.4 Å². The Hall–Kier alpha value is -2.16. The highest BCUT2D eigenvalue weighted by atomic mass is 19.1. The lowest BCUT2D eigenvalue weighted by molar-refractivity contribution is 0.0161. The molecule has 2 saturated carbocycles. The first-order valence-corrected chi connectivity index (χ1v) is 13.7. The summed E-state index contributed by atoms with van der Waals surface area (Å²) in [5.74, 6) is 1.68. The standard InChI is InChI=1S/C31H41FO2/c1-3-5-22-7-11-24(12-8-22)27-17-20-29(30(32)21-27)25-13-15-26(16-14-25)31(33)34-28-18-9-23(6-4-2)10-19-28/h13-17,20-24,28H,3-12,18-19H2,1-2H3. The molecule has 4 rings (SSSR count). The SMILES string of the molecule is CCCC1CCC(OC(=O)c2ccc(-c3ccc(C4CCC(CCC)CC4)cc3F)cc2)CC1. The zero-order chi connectivity index (χ0) is 23.9. The zero-order valence-electron chi connectivity index (χ0n) is 21.0. The predicted octanol–water partition coefficient (Wildman–Crippen LogP) is 9.08. The van der Waals surface area contributed by atoms with Crippen molar-refractivity contribution in [1.82, 2.24) is 0 Å². The lowest BCUT2D eigenvalue weighted by Gasteiger charge is -2.28. The molecule has 0 heterocycles. The quantitative estimate of drug-likeness (QED) is 0.364. The van der Waals surface area contributed by atoms with Gasteiger partial charge in [-0.1, -0.05) is 63.8 Å². The summed E-state index contributed by atoms with van der Waals surface area (Å²) in [4.78, 5) is 12.6. The fourth-order valence-corrected chi connectivity index (χ4v) is 6.16. The van der Waals surface area contributed by atoms with Crippen LogP contribution in [0.25, 0.3) is 11.1 Å². The summed E-state index contributed by atoms with van der Waals surface area (Å²) in [7, 11) is 0. The molecule has 2 aliphatic rings. The van der Waals surface area contributed by atoms with Gasteiger partial charge in [0.2, 0.25) is 0 Å². The fraction of sp³-hybridized carbons (Fsp3) is 0.581. The third-order valence-electron chi connectivity index (χ3n) is 8.20. The number of carbonyl (C=O) groups excluding carboxylic acids is 1. The lowest BCUT2D eigenvalue weighted by Crippen LogP contribution is -2.24. The molecule has 0 amide bonds. The summed E-state index contributed by atoms with van der Waals surface area (Å²) in [6.45, 7) is 4.49. The van der Waals surface area contributed by atoms with Gasteiger partial charge >= 0.3 is 5.97 Å². The topological polar surface area (TPSA) is 26.3 Å². The average molecular weight is 465 g/mol. The number of benzene rings is 2. The minimum atomic E-state index is -0.264. The highest BCUT2D eigenvalue weighted by Crippen LogP contribution is 2.38. The number of ether oxygens (including phenoxy) is 1. The molecule has 34 heavy (non-hydrogen) atoms. The Morgan fingerprint density at radius 3 is 1.97 bits per heavy atom. The monoisotopic (exact) mass is 464 g/mol. The Morgan fingerprint density at radius 2 is 1.41 bits per heavy atom. The van der Waals surface area contributed by atoms with Crippen LogP contribution in [0.4, 0.5) is 4.39 Å². The molecular formula is C31H41FO2. The molecule has 3 heteroatoms. The van der Waals surface area contributed by atoms with E-state index >= 15 is 4.39 Å². The molecule has 184 valence electrons. The maximum absolute atomic E-state index is 15.1. The number of hydrogen-bond donors (Lipinski definition) is 0. The van der Waals surface area contributed by atoms with Crippen LogP contribution in [0.2, 0.25) is 0 Å². The van der Waals surface area contributed by atoms with Crippen molar-refractivity contribution in [1.29, 1.82) is 0 Å². The molecule has 2 fully saturated rings. The maximum atomic E-state index is 15.1. The van der Waals surface area contributed by atoms with E-state index in [4.69, 9.17) is 4.74 Å². The van der Waals surface area contributed by atoms with E-state index in [9.17, 15) is 4.79 Å². The van der Waals surface area contributed by atoms with Crippen LogP contribution in [0.15, 0.2) is 42.5 Å². The van der Waals surface area contributed by atoms with E-state index in [-0.39, 0.29) is 17.9 Å². The second-order valence-corrected chi connectivity index (χ2v) is 10.7. The number of carbonyl (C=O) groups is 1. The summed E-state index contributed by atoms with van der Waals surface area (Å²) in [5.41, 5.74) is 3.07. The molecule has 0 bridgehead atoms. The van der Waals surface area contributed by atoms with E-state index in [1.807, 2.05) is 18.2 Å². The third-order valence-corrected chi connectivity index (χ3v) is 8.20. The van der Waals surface area contributed by atoms with E-state index in [2.05, 4.69) is 19.9 Å². The van der Waals surface area contributed by atoms with Crippen molar-refractivity contribution in [3.05, 3.63) is 59.4 Å². The first kappa shape index (κ1) is 24.9. The van der Waals surface area contributed by atoms with E-state index in [0.717, 1.165) is 48.6 Å². The van der Waals surface area contributed by atoms with E-state index in [1.54, 1.807) is 18.2 Å². The Balaban J connectivity index is 1.34. The highest BCUT2D eigenvalue weighted by molar-refractivity contribution is 5.90. The molecule has 0 radical (unpaired) electrons. The molecule has 0 unspecified atom stereocenters. The zero-order valence-corrected chi connectivity index (χ0v) is 21.0. The van der Waals surface area contributed by atoms with E-state index < -0.39 is 0 Å². The second-order valence-electron chi connectivity index (χ2n) is 10.7. The van der Waals surface area contributed by atoms with Crippen molar-refractivity contribution in [2.24, 2.45) is 11.8 Å². The molecule has 0 aliphatic heterocycles. The summed E-state index contributed by atoms with van der Waals surface area (Å²) < 4.78 is 20.8. The summed E-state index contributed by atoms with van der Waals surface area (Å²) >= 11 is 0. The van der Waals surface area contributed by atoms with Crippen LogP contribution in [0.1, 0.15) is 113 Å². The van der Waals surface area contributed by atoms with Gasteiger partial charge in [0, 0.05) is 5.56 Å². The Morgan fingerprint density at radius 1 is 0.824 bits per heavy atom. The average Bonchev–Trinajstić information content (AvgIpc) is 2.86. The Bertz CT molecular complexity index is 919. The summed E-state index contributed by atoms with van der Waals surface area (Å²) in [6, 6.07) is 12.9. The van der Waals surface area contributed by atoms with Crippen molar-refractivity contribution < 1.29 is 13.9 Å². The summed E-state index contributed by atoms with van der Waals surface area (Å²) in [5, 5.41) is 0. The largest absolute Gasteiger partial charge is 0.459 e. The lowest BCUT2D eigenvalue weighted by atomic mass is 9.77. The third kappa shape index (κ3) is 6.29. The molecule has 0 saturated heterocycles. The molecule has 2 nitrogen and oxygen atoms in total. The van der Waals surface area contributed by atoms with Crippen LogP contribution in [-0.2, 0) is 4.74 Å². The number of esters is 1. The molecule has 2 aromatic rings. The van der Waals surface area contributed by atoms with Gasteiger partial charge in [-0.15, -0.1) is 0 Å². The van der Waals surface area contributed by atoms with Gasteiger partial charge in [0.1, 0.15) is 11.9 Å². The first-order valence-electron chi connectivity index (χ1n) is 13.7. The van der Waals surface area contributed by atoms with Gasteiger partial charge in [-0.2, -0.15) is 0 Å². The fourth-order valence-electron chi connectivity index (χ4n) is 6.16. The minimum Gasteiger partial charge on any atom is -0.459 e. The Labute approximate surface area is 205 Å². The van der Waals surface area contributed by atoms with Crippen LogP contribution in [0.3, 0.4) is 0 Å². The number of hydrogen-bond acceptors (Lipinski definition) is 2. The number of rotatable bonds is 8. The van der Waals surface area contributed by atoms with Crippen molar-refractivity contribution in [3.63, 3.8) is 0 Å². The maximum Gasteiger partial charge on any atom is 0.338 e. The van der Waals surface area contributed by atoms with Gasteiger partial charge in [-0.05, 0) is 98.4 Å². The molecule has 2 aromatic carbocycles. The highest BCUT2D eigenvalue weighted by Gasteiger charge is 2.25. The first-order chi connectivity index (χ1) is 16.6. The van der Waals surface area contributed by atoms with Crippen molar-refractivity contribution in [2.45, 2.75) is 103 Å². The summed E-state index contributed by atoms with van der Waals surface area (Å²) in [6.07, 6.45) is 14.2. The number of halogens is 1. The van der Waals surface area contributed by atoms with Gasteiger partial charge in [-0.3, -0.25) is 0 Å². The van der Waals surface area contributed by atoms with Crippen LogP contribution >= 0.6 is 0 Å². The Kier molecular flexibility index (Phi) is 8.80. The molecule has 2 aliphatic carbocycles. The van der Waals surface area contributed by atoms with Gasteiger partial charge in [0.25, 0.3) is 0 Å². The van der Waals surface area contributed by atoms with Crippen LogP contribution in [0.5, 0.6) is 0 Å². The van der Waals surface area contributed by atoms with Crippen molar-refractivity contribution in [2.75, 3.05) is 0 Å². The van der Waals surface area contributed by atoms with Crippen LogP contribution in [-0.4, -0.2) is 12.1 Å². The molecular weight excluding hydrogens is 423 g/mol. The normalized spacial score (nSPS) is 25.1. The molecule has 0 aromatic heterocycles. The smallest absolute Gasteiger partial charge is 0.338 e. The molecule has 0 atom stereocenters. The van der Waals surface area contributed by atoms with Gasteiger partial charge < -0.3 is 4.74 Å². The molecule has 0 spiro atoms. The molecule has 0 N–H and O–H groups in total. The van der Waals surface area contributed by atoms with Gasteiger partial charge in [0.15, 0.2) is 0 Å². The van der Waals surface area contributed by atoms with Crippen LogP contribution in [0, 0.1) is 17.7 Å². The minimum absolute atomic E-state index is 0.0299.